The Morgan fingerprint density at radius 1 is 1.55 bits per heavy atom. The molecule has 0 radical (unpaired) electrons. The molecule has 1 amide bonds. The summed E-state index contributed by atoms with van der Waals surface area (Å²) in [6.07, 6.45) is 1.55. The summed E-state index contributed by atoms with van der Waals surface area (Å²) >= 11 is 1.29. The normalized spacial score (nSPS) is 24.0. The lowest BCUT2D eigenvalue weighted by molar-refractivity contribution is -0.113. The molecule has 1 fully saturated rings. The minimum Gasteiger partial charge on any atom is -0.507 e. The van der Waals surface area contributed by atoms with Gasteiger partial charge in [0.25, 0.3) is 5.91 Å². The number of hydrogen-bond donors (Lipinski definition) is 2. The molecule has 2 aliphatic heterocycles. The average Bonchev–Trinajstić information content (AvgIpc) is 2.83. The number of amides is 1. The first-order valence-electron chi connectivity index (χ1n) is 7.03. The predicted molar refractivity (Wildman–Crippen MR) is 85.1 cm³/mol. The third-order valence-corrected chi connectivity index (χ3v) is 4.66. The van der Waals surface area contributed by atoms with Gasteiger partial charge < -0.3 is 15.3 Å². The molecular weight excluding hydrogens is 305 g/mol. The Kier molecular flexibility index (Phi) is 4.17. The SMILES string of the molecule is C[C@H]1CNCCN1C1=NC(=O)C(=Cc2ccc(F)cc2O)S1. The number of phenolic OH excluding ortho intramolecular Hbond substituents is 1. The summed E-state index contributed by atoms with van der Waals surface area (Å²) < 4.78 is 13.0. The van der Waals surface area contributed by atoms with Gasteiger partial charge in [-0.3, -0.25) is 4.79 Å². The van der Waals surface area contributed by atoms with Crippen LogP contribution < -0.4 is 5.32 Å². The van der Waals surface area contributed by atoms with Crippen molar-refractivity contribution in [2.24, 2.45) is 4.99 Å². The first-order chi connectivity index (χ1) is 10.5. The zero-order chi connectivity index (χ0) is 15.7. The number of halogens is 1. The Hall–Kier alpha value is -1.86. The Morgan fingerprint density at radius 3 is 3.09 bits per heavy atom. The molecule has 3 rings (SSSR count). The fraction of sp³-hybridized carbons (Fsp3) is 0.333. The van der Waals surface area contributed by atoms with Gasteiger partial charge in [-0.25, -0.2) is 4.39 Å². The van der Waals surface area contributed by atoms with Gasteiger partial charge in [0.1, 0.15) is 11.6 Å². The van der Waals surface area contributed by atoms with E-state index in [0.29, 0.717) is 15.6 Å². The molecule has 7 heteroatoms. The molecule has 22 heavy (non-hydrogen) atoms. The van der Waals surface area contributed by atoms with Crippen molar-refractivity contribution in [3.05, 3.63) is 34.5 Å². The molecule has 5 nitrogen and oxygen atoms in total. The van der Waals surface area contributed by atoms with Crippen LogP contribution in [0.5, 0.6) is 5.75 Å². The van der Waals surface area contributed by atoms with Gasteiger partial charge in [-0.05, 0) is 36.9 Å². The number of phenols is 1. The highest BCUT2D eigenvalue weighted by Gasteiger charge is 2.30. The van der Waals surface area contributed by atoms with Crippen LogP contribution in [-0.4, -0.2) is 46.8 Å². The van der Waals surface area contributed by atoms with Crippen molar-refractivity contribution in [2.45, 2.75) is 13.0 Å². The second-order valence-corrected chi connectivity index (χ2v) is 6.27. The number of amidine groups is 1. The van der Waals surface area contributed by atoms with Gasteiger partial charge in [-0.1, -0.05) is 0 Å². The number of carbonyl (C=O) groups excluding carboxylic acids is 1. The van der Waals surface area contributed by atoms with E-state index in [4.69, 9.17) is 0 Å². The zero-order valence-electron chi connectivity index (χ0n) is 12.0. The Bertz CT molecular complexity index is 675. The standard InChI is InChI=1S/C15H16FN3O2S/c1-9-8-17-4-5-19(9)15-18-14(21)13(22-15)6-10-2-3-11(16)7-12(10)20/h2-3,6-7,9,17,20H,4-5,8H2,1H3/t9-/m0/s1. The fourth-order valence-electron chi connectivity index (χ4n) is 2.43. The average molecular weight is 321 g/mol. The van der Waals surface area contributed by atoms with E-state index in [1.807, 2.05) is 0 Å². The molecule has 0 saturated carbocycles. The molecule has 0 bridgehead atoms. The van der Waals surface area contributed by atoms with Crippen molar-refractivity contribution in [1.82, 2.24) is 10.2 Å². The summed E-state index contributed by atoms with van der Waals surface area (Å²) in [5.74, 6) is -1.03. The van der Waals surface area contributed by atoms with E-state index in [1.165, 1.54) is 23.9 Å². The van der Waals surface area contributed by atoms with Crippen LogP contribution in [0.4, 0.5) is 4.39 Å². The van der Waals surface area contributed by atoms with Gasteiger partial charge in [0, 0.05) is 37.3 Å². The van der Waals surface area contributed by atoms with Crippen molar-refractivity contribution in [2.75, 3.05) is 19.6 Å². The number of nitrogens with one attached hydrogen (secondary N) is 1. The van der Waals surface area contributed by atoms with Crippen LogP contribution in [0, 0.1) is 5.82 Å². The maximum atomic E-state index is 13.0. The number of aromatic hydroxyl groups is 1. The predicted octanol–water partition coefficient (Wildman–Crippen LogP) is 1.80. The quantitative estimate of drug-likeness (QED) is 0.772. The van der Waals surface area contributed by atoms with Crippen molar-refractivity contribution in [3.63, 3.8) is 0 Å². The molecule has 2 aliphatic rings. The number of nitrogens with zero attached hydrogens (tertiary/aromatic N) is 2. The van der Waals surface area contributed by atoms with Crippen LogP contribution in [0.2, 0.25) is 0 Å². The summed E-state index contributed by atoms with van der Waals surface area (Å²) in [7, 11) is 0. The molecule has 1 aromatic rings. The lowest BCUT2D eigenvalue weighted by atomic mass is 10.2. The maximum absolute atomic E-state index is 13.0. The van der Waals surface area contributed by atoms with E-state index < -0.39 is 5.82 Å². The summed E-state index contributed by atoms with van der Waals surface area (Å²) in [6.45, 7) is 4.59. The first kappa shape index (κ1) is 15.1. The minimum absolute atomic E-state index is 0.190. The van der Waals surface area contributed by atoms with Crippen molar-refractivity contribution < 1.29 is 14.3 Å². The molecule has 116 valence electrons. The maximum Gasteiger partial charge on any atom is 0.286 e. The smallest absolute Gasteiger partial charge is 0.286 e. The van der Waals surface area contributed by atoms with Crippen molar-refractivity contribution in [1.29, 1.82) is 0 Å². The van der Waals surface area contributed by atoms with E-state index in [9.17, 15) is 14.3 Å². The van der Waals surface area contributed by atoms with Gasteiger partial charge >= 0.3 is 0 Å². The monoisotopic (exact) mass is 321 g/mol. The topological polar surface area (TPSA) is 64.9 Å². The molecule has 0 unspecified atom stereocenters. The minimum atomic E-state index is -0.517. The summed E-state index contributed by atoms with van der Waals surface area (Å²) in [6, 6.07) is 3.98. The van der Waals surface area contributed by atoms with E-state index >= 15 is 0 Å². The van der Waals surface area contributed by atoms with Gasteiger partial charge in [-0.2, -0.15) is 4.99 Å². The second-order valence-electron chi connectivity index (χ2n) is 5.26. The van der Waals surface area contributed by atoms with Crippen molar-refractivity contribution >= 4 is 28.9 Å². The highest BCUT2D eigenvalue weighted by atomic mass is 32.2. The highest BCUT2D eigenvalue weighted by molar-refractivity contribution is 8.18. The van der Waals surface area contributed by atoms with Crippen LogP contribution in [0.15, 0.2) is 28.1 Å². The summed E-state index contributed by atoms with van der Waals surface area (Å²) in [5.41, 5.74) is 0.405. The van der Waals surface area contributed by atoms with Crippen molar-refractivity contribution in [3.8, 4) is 5.75 Å². The number of rotatable bonds is 1. The molecule has 2 N–H and O–H groups in total. The zero-order valence-corrected chi connectivity index (χ0v) is 12.9. The van der Waals surface area contributed by atoms with E-state index in [2.05, 4.69) is 22.1 Å². The number of hydrogen-bond acceptors (Lipinski definition) is 5. The van der Waals surface area contributed by atoms with Crippen LogP contribution in [0.25, 0.3) is 6.08 Å². The second kappa shape index (κ2) is 6.10. The number of piperazine rings is 1. The van der Waals surface area contributed by atoms with Crippen LogP contribution in [0.1, 0.15) is 12.5 Å². The molecule has 0 aromatic heterocycles. The van der Waals surface area contributed by atoms with Crippen LogP contribution >= 0.6 is 11.8 Å². The number of aliphatic imine (C=N–C) groups is 1. The number of benzene rings is 1. The Morgan fingerprint density at radius 2 is 2.36 bits per heavy atom. The highest BCUT2D eigenvalue weighted by Crippen LogP contribution is 2.33. The van der Waals surface area contributed by atoms with E-state index in [0.717, 1.165) is 25.7 Å². The first-order valence-corrected chi connectivity index (χ1v) is 7.84. The van der Waals surface area contributed by atoms with Crippen LogP contribution in [-0.2, 0) is 4.79 Å². The van der Waals surface area contributed by atoms with Crippen LogP contribution in [0.3, 0.4) is 0 Å². The van der Waals surface area contributed by atoms with Gasteiger partial charge in [-0.15, -0.1) is 0 Å². The molecule has 0 aliphatic carbocycles. The van der Waals surface area contributed by atoms with E-state index in [1.54, 1.807) is 6.08 Å². The fourth-order valence-corrected chi connectivity index (χ4v) is 3.46. The number of carbonyl (C=O) groups is 1. The van der Waals surface area contributed by atoms with E-state index in [-0.39, 0.29) is 17.7 Å². The lowest BCUT2D eigenvalue weighted by Gasteiger charge is -2.34. The third kappa shape index (κ3) is 3.00. The molecule has 1 atom stereocenters. The Balaban J connectivity index is 1.80. The molecule has 0 spiro atoms. The molecular formula is C15H16FN3O2S. The number of thioether (sulfide) groups is 1. The van der Waals surface area contributed by atoms with Gasteiger partial charge in [0.05, 0.1) is 4.91 Å². The molecule has 2 heterocycles. The largest absolute Gasteiger partial charge is 0.507 e. The summed E-state index contributed by atoms with van der Waals surface area (Å²) in [5, 5.41) is 13.7. The molecule has 1 saturated heterocycles. The third-order valence-electron chi connectivity index (χ3n) is 3.64. The molecule has 1 aromatic carbocycles. The summed E-state index contributed by atoms with van der Waals surface area (Å²) in [4.78, 5) is 18.7. The van der Waals surface area contributed by atoms with Gasteiger partial charge in [0.15, 0.2) is 5.17 Å². The van der Waals surface area contributed by atoms with Gasteiger partial charge in [0.2, 0.25) is 0 Å². The Labute approximate surface area is 131 Å². The lowest BCUT2D eigenvalue weighted by Crippen LogP contribution is -2.51.